The standard InChI is InChI=1S/C32H36N4O3/c1-4-5-12-21-39-27-19-17-24(18-20-27)30(28-22(2)33-35(31(28)37)25-13-8-6-9-14-25)29-23(3)34-36(32(29)38)26-15-10-7-11-16-26/h6-11,13-17,19-20,24,30,33-34H,4-5,12,18,21H2,1-3H3/t24-/m0/s1. The highest BCUT2D eigenvalue weighted by molar-refractivity contribution is 5.43. The second-order valence-corrected chi connectivity index (χ2v) is 10.2. The van der Waals surface area contributed by atoms with Crippen molar-refractivity contribution < 1.29 is 4.74 Å². The first-order valence-electron chi connectivity index (χ1n) is 13.7. The van der Waals surface area contributed by atoms with Gasteiger partial charge in [0.1, 0.15) is 5.76 Å². The molecule has 7 nitrogen and oxygen atoms in total. The first-order valence-corrected chi connectivity index (χ1v) is 13.7. The lowest BCUT2D eigenvalue weighted by molar-refractivity contribution is 0.214. The Kier molecular flexibility index (Phi) is 7.87. The minimum atomic E-state index is -0.443. The molecule has 0 spiro atoms. The third-order valence-corrected chi connectivity index (χ3v) is 7.43. The Bertz CT molecular complexity index is 1490. The molecule has 1 atom stereocenters. The van der Waals surface area contributed by atoms with E-state index in [1.165, 1.54) is 0 Å². The summed E-state index contributed by atoms with van der Waals surface area (Å²) in [6.45, 7) is 6.68. The van der Waals surface area contributed by atoms with Crippen LogP contribution in [0.3, 0.4) is 0 Å². The van der Waals surface area contributed by atoms with E-state index in [0.29, 0.717) is 24.2 Å². The van der Waals surface area contributed by atoms with Gasteiger partial charge in [-0.2, -0.15) is 0 Å². The maximum Gasteiger partial charge on any atom is 0.275 e. The Morgan fingerprint density at radius 1 is 0.846 bits per heavy atom. The lowest BCUT2D eigenvalue weighted by Gasteiger charge is -2.25. The van der Waals surface area contributed by atoms with Crippen molar-refractivity contribution >= 4 is 0 Å². The van der Waals surface area contributed by atoms with Crippen LogP contribution in [0.4, 0.5) is 0 Å². The number of aromatic nitrogens is 4. The summed E-state index contributed by atoms with van der Waals surface area (Å²) in [6.07, 6.45) is 10.1. The first kappa shape index (κ1) is 26.4. The van der Waals surface area contributed by atoms with E-state index < -0.39 is 5.92 Å². The van der Waals surface area contributed by atoms with Crippen molar-refractivity contribution in [1.29, 1.82) is 0 Å². The first-order chi connectivity index (χ1) is 19.0. The normalized spacial score (nSPS) is 15.1. The third-order valence-electron chi connectivity index (χ3n) is 7.43. The predicted molar refractivity (Wildman–Crippen MR) is 155 cm³/mol. The molecule has 2 N–H and O–H groups in total. The van der Waals surface area contributed by atoms with Crippen LogP contribution >= 0.6 is 0 Å². The molecular weight excluding hydrogens is 488 g/mol. The molecule has 0 radical (unpaired) electrons. The monoisotopic (exact) mass is 524 g/mol. The van der Waals surface area contributed by atoms with E-state index in [1.807, 2.05) is 80.6 Å². The molecular formula is C32H36N4O3. The summed E-state index contributed by atoms with van der Waals surface area (Å²) in [5.41, 5.74) is 3.93. The number of unbranched alkanes of at least 4 members (excludes halogenated alkanes) is 2. The van der Waals surface area contributed by atoms with Gasteiger partial charge in [0.25, 0.3) is 11.1 Å². The van der Waals surface area contributed by atoms with Crippen LogP contribution in [-0.2, 0) is 4.74 Å². The van der Waals surface area contributed by atoms with Crippen molar-refractivity contribution in [3.8, 4) is 11.4 Å². The van der Waals surface area contributed by atoms with E-state index in [9.17, 15) is 9.59 Å². The minimum Gasteiger partial charge on any atom is -0.494 e. The minimum absolute atomic E-state index is 0.0918. The fraction of sp³-hybridized carbons (Fsp3) is 0.312. The highest BCUT2D eigenvalue weighted by Gasteiger charge is 2.34. The molecule has 5 rings (SSSR count). The molecule has 0 aliphatic heterocycles. The van der Waals surface area contributed by atoms with Gasteiger partial charge >= 0.3 is 0 Å². The zero-order valence-corrected chi connectivity index (χ0v) is 22.8. The van der Waals surface area contributed by atoms with E-state index >= 15 is 0 Å². The van der Waals surface area contributed by atoms with Crippen molar-refractivity contribution in [1.82, 2.24) is 19.6 Å². The van der Waals surface area contributed by atoms with Gasteiger partial charge in [-0.25, -0.2) is 9.36 Å². The van der Waals surface area contributed by atoms with Crippen LogP contribution < -0.4 is 11.1 Å². The van der Waals surface area contributed by atoms with Crippen molar-refractivity contribution in [3.05, 3.63) is 128 Å². The number of rotatable bonds is 10. The average Bonchev–Trinajstić information content (AvgIpc) is 3.43. The van der Waals surface area contributed by atoms with Crippen LogP contribution in [0.15, 0.2) is 94.2 Å². The molecule has 0 amide bonds. The largest absolute Gasteiger partial charge is 0.494 e. The second-order valence-electron chi connectivity index (χ2n) is 10.2. The van der Waals surface area contributed by atoms with Crippen LogP contribution in [0.25, 0.3) is 11.4 Å². The number of nitrogens with zero attached hydrogens (tertiary/aromatic N) is 2. The van der Waals surface area contributed by atoms with Gasteiger partial charge in [-0.05, 0) is 69.0 Å². The van der Waals surface area contributed by atoms with Crippen molar-refractivity contribution in [2.45, 2.75) is 52.4 Å². The zero-order chi connectivity index (χ0) is 27.4. The van der Waals surface area contributed by atoms with E-state index in [-0.39, 0.29) is 17.0 Å². The van der Waals surface area contributed by atoms with Crippen molar-refractivity contribution in [3.63, 3.8) is 0 Å². The molecule has 1 aliphatic rings. The number of ether oxygens (including phenoxy) is 1. The number of H-pyrrole nitrogens is 2. The van der Waals surface area contributed by atoms with Gasteiger partial charge in [-0.15, -0.1) is 0 Å². The Morgan fingerprint density at radius 2 is 1.38 bits per heavy atom. The van der Waals surface area contributed by atoms with E-state index in [0.717, 1.165) is 47.8 Å². The molecule has 202 valence electrons. The maximum absolute atomic E-state index is 14.0. The molecule has 39 heavy (non-hydrogen) atoms. The summed E-state index contributed by atoms with van der Waals surface area (Å²) in [5.74, 6) is 0.313. The zero-order valence-electron chi connectivity index (χ0n) is 22.8. The number of aromatic amines is 2. The van der Waals surface area contributed by atoms with Gasteiger partial charge in [0, 0.05) is 28.4 Å². The Labute approximate surface area is 228 Å². The van der Waals surface area contributed by atoms with Crippen LogP contribution in [0.5, 0.6) is 0 Å². The molecule has 0 bridgehead atoms. The van der Waals surface area contributed by atoms with Gasteiger partial charge in [0.15, 0.2) is 0 Å². The number of para-hydroxylation sites is 2. The van der Waals surface area contributed by atoms with Crippen molar-refractivity contribution in [2.24, 2.45) is 5.92 Å². The van der Waals surface area contributed by atoms with E-state index in [2.05, 4.69) is 29.3 Å². The number of hydrogen-bond acceptors (Lipinski definition) is 3. The highest BCUT2D eigenvalue weighted by atomic mass is 16.5. The topological polar surface area (TPSA) is 84.8 Å². The average molecular weight is 525 g/mol. The Hall–Kier alpha value is -4.26. The summed E-state index contributed by atoms with van der Waals surface area (Å²) in [5, 5.41) is 6.53. The van der Waals surface area contributed by atoms with Gasteiger partial charge in [-0.3, -0.25) is 19.8 Å². The molecule has 1 aliphatic carbocycles. The Balaban J connectivity index is 1.58. The molecule has 0 saturated heterocycles. The van der Waals surface area contributed by atoms with E-state index in [4.69, 9.17) is 4.74 Å². The molecule has 0 fully saturated rings. The highest BCUT2D eigenvalue weighted by Crippen LogP contribution is 2.37. The number of allylic oxidation sites excluding steroid dienone is 3. The molecule has 2 heterocycles. The van der Waals surface area contributed by atoms with Gasteiger partial charge < -0.3 is 4.74 Å². The van der Waals surface area contributed by atoms with Crippen molar-refractivity contribution in [2.75, 3.05) is 6.61 Å². The Morgan fingerprint density at radius 3 is 1.85 bits per heavy atom. The van der Waals surface area contributed by atoms with Crippen LogP contribution in [0, 0.1) is 19.8 Å². The smallest absolute Gasteiger partial charge is 0.275 e. The van der Waals surface area contributed by atoms with Crippen LogP contribution in [0.1, 0.15) is 61.0 Å². The molecule has 7 heteroatoms. The third kappa shape index (κ3) is 5.35. The predicted octanol–water partition coefficient (Wildman–Crippen LogP) is 6.06. The van der Waals surface area contributed by atoms with Gasteiger partial charge in [0.2, 0.25) is 0 Å². The summed E-state index contributed by atoms with van der Waals surface area (Å²) in [7, 11) is 0. The lowest BCUT2D eigenvalue weighted by atomic mass is 9.77. The summed E-state index contributed by atoms with van der Waals surface area (Å²) < 4.78 is 9.11. The lowest BCUT2D eigenvalue weighted by Crippen LogP contribution is -2.28. The van der Waals surface area contributed by atoms with Crippen LogP contribution in [-0.4, -0.2) is 26.2 Å². The molecule has 2 aromatic heterocycles. The summed E-state index contributed by atoms with van der Waals surface area (Å²) in [4.78, 5) is 27.9. The molecule has 0 saturated carbocycles. The van der Waals surface area contributed by atoms with Crippen LogP contribution in [0.2, 0.25) is 0 Å². The van der Waals surface area contributed by atoms with Gasteiger partial charge in [0.05, 0.1) is 18.0 Å². The number of aryl methyl sites for hydroxylation is 2. The quantitative estimate of drug-likeness (QED) is 0.247. The fourth-order valence-electron chi connectivity index (χ4n) is 5.46. The fourth-order valence-corrected chi connectivity index (χ4v) is 5.46. The SMILES string of the molecule is CCCCCOC1=CC[C@@H](C(c2c(C)[nH]n(-c3ccccc3)c2=O)c2c(C)[nH]n(-c3ccccc3)c2=O)C=C1. The second kappa shape index (κ2) is 11.6. The number of hydrogen-bond donors (Lipinski definition) is 2. The summed E-state index contributed by atoms with van der Waals surface area (Å²) >= 11 is 0. The van der Waals surface area contributed by atoms with E-state index in [1.54, 1.807) is 9.36 Å². The number of nitrogens with one attached hydrogen (secondary N) is 2. The molecule has 2 aromatic carbocycles. The molecule has 0 unspecified atom stereocenters. The number of benzene rings is 2. The summed E-state index contributed by atoms with van der Waals surface area (Å²) in [6, 6.07) is 19.0. The molecule has 4 aromatic rings. The maximum atomic E-state index is 14.0. The van der Waals surface area contributed by atoms with Gasteiger partial charge in [-0.1, -0.05) is 62.2 Å².